The van der Waals surface area contributed by atoms with Gasteiger partial charge in [0.2, 0.25) is 0 Å². The van der Waals surface area contributed by atoms with Gasteiger partial charge >= 0.3 is 16.4 Å². The van der Waals surface area contributed by atoms with Gasteiger partial charge in [-0.05, 0) is 12.8 Å². The van der Waals surface area contributed by atoms with Crippen LogP contribution >= 0.6 is 0 Å². The molecule has 0 aromatic rings. The first-order valence-electron chi connectivity index (χ1n) is 5.43. The monoisotopic (exact) mass is 295 g/mol. The first-order valence-corrected chi connectivity index (χ1v) is 6.79. The Morgan fingerprint density at radius 2 is 2.16 bits per heavy atom. The molecule has 2 unspecified atom stereocenters. The molecule has 108 valence electrons. The SMILES string of the molecule is CONC(=O)C1CCC2CN1C(=O)N2OS(=O)(=O)O. The Labute approximate surface area is 109 Å². The Kier molecular flexibility index (Phi) is 3.62. The molecule has 0 aliphatic carbocycles. The van der Waals surface area contributed by atoms with Crippen molar-refractivity contribution in [2.45, 2.75) is 24.9 Å². The normalized spacial score (nSPS) is 26.7. The number of hydroxylamine groups is 3. The van der Waals surface area contributed by atoms with Crippen molar-refractivity contribution in [3.8, 4) is 0 Å². The molecule has 0 aromatic heterocycles. The smallest absolute Gasteiger partial charge is 0.309 e. The van der Waals surface area contributed by atoms with E-state index < -0.39 is 34.4 Å². The van der Waals surface area contributed by atoms with E-state index in [9.17, 15) is 18.0 Å². The van der Waals surface area contributed by atoms with E-state index >= 15 is 0 Å². The Morgan fingerprint density at radius 3 is 2.74 bits per heavy atom. The number of nitrogens with one attached hydrogen (secondary N) is 1. The summed E-state index contributed by atoms with van der Waals surface area (Å²) in [4.78, 5) is 29.2. The molecule has 0 aromatic carbocycles. The van der Waals surface area contributed by atoms with Crippen molar-refractivity contribution in [3.05, 3.63) is 0 Å². The minimum Gasteiger partial charge on any atom is -0.309 e. The molecule has 11 heteroatoms. The maximum atomic E-state index is 11.9. The van der Waals surface area contributed by atoms with Crippen LogP contribution in [-0.2, 0) is 24.3 Å². The zero-order valence-corrected chi connectivity index (χ0v) is 10.8. The van der Waals surface area contributed by atoms with Crippen LogP contribution in [0, 0.1) is 0 Å². The van der Waals surface area contributed by atoms with Crippen molar-refractivity contribution in [2.24, 2.45) is 0 Å². The first-order chi connectivity index (χ1) is 8.83. The van der Waals surface area contributed by atoms with E-state index in [2.05, 4.69) is 14.6 Å². The van der Waals surface area contributed by atoms with Gasteiger partial charge in [0.15, 0.2) is 0 Å². The highest BCUT2D eigenvalue weighted by molar-refractivity contribution is 7.80. The van der Waals surface area contributed by atoms with Crippen molar-refractivity contribution >= 4 is 22.3 Å². The van der Waals surface area contributed by atoms with Crippen LogP contribution in [0.1, 0.15) is 12.8 Å². The van der Waals surface area contributed by atoms with E-state index in [4.69, 9.17) is 4.55 Å². The molecule has 2 atom stereocenters. The van der Waals surface area contributed by atoms with Crippen LogP contribution in [0.4, 0.5) is 4.79 Å². The summed E-state index contributed by atoms with van der Waals surface area (Å²) in [6, 6.07) is -2.05. The summed E-state index contributed by atoms with van der Waals surface area (Å²) in [5.41, 5.74) is 2.12. The number of nitrogens with zero attached hydrogens (tertiary/aromatic N) is 2. The highest BCUT2D eigenvalue weighted by Crippen LogP contribution is 2.30. The third-order valence-corrected chi connectivity index (χ3v) is 3.35. The van der Waals surface area contributed by atoms with Crippen molar-refractivity contribution in [3.63, 3.8) is 0 Å². The molecule has 2 fully saturated rings. The standard InChI is InChI=1S/C8H13N3O7S/c1-17-9-7(12)6-3-2-5-4-10(6)8(13)11(5)18-19(14,15)16/h5-6H,2-4H2,1H3,(H,9,12)(H,14,15,16). The Balaban J connectivity index is 2.13. The Bertz CT molecular complexity index is 493. The molecule has 0 radical (unpaired) electrons. The summed E-state index contributed by atoms with van der Waals surface area (Å²) in [5.74, 6) is -0.497. The van der Waals surface area contributed by atoms with E-state index in [-0.39, 0.29) is 6.54 Å². The first kappa shape index (κ1) is 14.0. The van der Waals surface area contributed by atoms with Crippen LogP contribution in [0.25, 0.3) is 0 Å². The lowest BCUT2D eigenvalue weighted by molar-refractivity contribution is -0.136. The minimum atomic E-state index is -4.77. The highest BCUT2D eigenvalue weighted by Gasteiger charge is 2.49. The zero-order valence-electron chi connectivity index (χ0n) is 9.98. The molecule has 2 heterocycles. The van der Waals surface area contributed by atoms with Crippen molar-refractivity contribution in [1.82, 2.24) is 15.4 Å². The fourth-order valence-corrected chi connectivity index (χ4v) is 2.66. The van der Waals surface area contributed by atoms with Crippen molar-refractivity contribution in [1.29, 1.82) is 0 Å². The molecule has 2 aliphatic heterocycles. The van der Waals surface area contributed by atoms with Crippen molar-refractivity contribution in [2.75, 3.05) is 13.7 Å². The Hall–Kier alpha value is -1.43. The summed E-state index contributed by atoms with van der Waals surface area (Å²) < 4.78 is 34.2. The third kappa shape index (κ3) is 2.78. The lowest BCUT2D eigenvalue weighted by atomic mass is 10.0. The number of rotatable bonds is 4. The fraction of sp³-hybridized carbons (Fsp3) is 0.750. The highest BCUT2D eigenvalue weighted by atomic mass is 32.3. The van der Waals surface area contributed by atoms with Gasteiger partial charge in [-0.15, -0.1) is 4.28 Å². The predicted molar refractivity (Wildman–Crippen MR) is 58.5 cm³/mol. The number of piperidine rings is 1. The van der Waals surface area contributed by atoms with Gasteiger partial charge in [-0.25, -0.2) is 10.3 Å². The van der Waals surface area contributed by atoms with E-state index in [1.165, 1.54) is 12.0 Å². The second-order valence-corrected chi connectivity index (χ2v) is 5.18. The summed E-state index contributed by atoms with van der Waals surface area (Å²) in [5, 5.41) is 0.579. The molecule has 2 rings (SSSR count). The van der Waals surface area contributed by atoms with Gasteiger partial charge in [0.05, 0.1) is 13.2 Å². The summed E-state index contributed by atoms with van der Waals surface area (Å²) in [6.45, 7) is 0.149. The molecule has 2 bridgehead atoms. The average molecular weight is 295 g/mol. The van der Waals surface area contributed by atoms with Gasteiger partial charge in [0.25, 0.3) is 5.91 Å². The molecule has 0 spiro atoms. The Morgan fingerprint density at radius 1 is 1.47 bits per heavy atom. The quantitative estimate of drug-likeness (QED) is 0.486. The van der Waals surface area contributed by atoms with Crippen molar-refractivity contribution < 1.29 is 31.7 Å². The minimum absolute atomic E-state index is 0.149. The maximum absolute atomic E-state index is 11.9. The molecule has 3 amide bonds. The van der Waals surface area contributed by atoms with Crippen LogP contribution in [-0.4, -0.2) is 60.6 Å². The van der Waals surface area contributed by atoms with E-state index in [0.717, 1.165) is 0 Å². The second kappa shape index (κ2) is 4.92. The van der Waals surface area contributed by atoms with E-state index in [1.807, 2.05) is 0 Å². The predicted octanol–water partition coefficient (Wildman–Crippen LogP) is -1.33. The lowest BCUT2D eigenvalue weighted by Crippen LogP contribution is -2.49. The molecule has 0 saturated carbocycles. The second-order valence-electron chi connectivity index (χ2n) is 4.18. The largest absolute Gasteiger partial charge is 0.418 e. The van der Waals surface area contributed by atoms with Gasteiger partial charge < -0.3 is 4.90 Å². The van der Waals surface area contributed by atoms with Gasteiger partial charge in [-0.2, -0.15) is 13.5 Å². The van der Waals surface area contributed by atoms with E-state index in [0.29, 0.717) is 17.9 Å². The zero-order chi connectivity index (χ0) is 14.2. The van der Waals surface area contributed by atoms with Gasteiger partial charge in [-0.1, -0.05) is 0 Å². The van der Waals surface area contributed by atoms with Crippen LogP contribution in [0.15, 0.2) is 0 Å². The summed E-state index contributed by atoms with van der Waals surface area (Å²) >= 11 is 0. The maximum Gasteiger partial charge on any atom is 0.418 e. The number of hydrogen-bond donors (Lipinski definition) is 2. The van der Waals surface area contributed by atoms with Crippen LogP contribution < -0.4 is 5.48 Å². The van der Waals surface area contributed by atoms with Gasteiger partial charge in [0.1, 0.15) is 6.04 Å². The number of fused-ring (bicyclic) bond motifs is 2. The number of hydrogen-bond acceptors (Lipinski definition) is 6. The number of urea groups is 1. The van der Waals surface area contributed by atoms with Crippen LogP contribution in [0.2, 0.25) is 0 Å². The van der Waals surface area contributed by atoms with Gasteiger partial charge in [-0.3, -0.25) is 14.2 Å². The van der Waals surface area contributed by atoms with E-state index in [1.54, 1.807) is 0 Å². The molecule has 2 N–H and O–H groups in total. The number of carbonyl (C=O) groups excluding carboxylic acids is 2. The molecular formula is C8H13N3O7S. The molecule has 10 nitrogen and oxygen atoms in total. The molecule has 2 aliphatic rings. The number of carbonyl (C=O) groups is 2. The topological polar surface area (TPSA) is 125 Å². The third-order valence-electron chi connectivity index (χ3n) is 3.00. The average Bonchev–Trinajstić information content (AvgIpc) is 2.53. The summed E-state index contributed by atoms with van der Waals surface area (Å²) in [6.07, 6.45) is 0.719. The lowest BCUT2D eigenvalue weighted by Gasteiger charge is -2.28. The summed E-state index contributed by atoms with van der Waals surface area (Å²) in [7, 11) is -3.51. The van der Waals surface area contributed by atoms with Gasteiger partial charge in [0, 0.05) is 6.54 Å². The van der Waals surface area contributed by atoms with Crippen LogP contribution in [0.5, 0.6) is 0 Å². The molecular weight excluding hydrogens is 282 g/mol. The number of amides is 3. The van der Waals surface area contributed by atoms with Crippen LogP contribution in [0.3, 0.4) is 0 Å². The fourth-order valence-electron chi connectivity index (χ4n) is 2.27. The molecule has 19 heavy (non-hydrogen) atoms. The molecule has 2 saturated heterocycles.